The summed E-state index contributed by atoms with van der Waals surface area (Å²) in [5.41, 5.74) is -0.541. The number of nitrogens with zero attached hydrogens (tertiary/aromatic N) is 1. The molecule has 1 rings (SSSR count). The third kappa shape index (κ3) is 6.64. The molecule has 1 aliphatic rings. The summed E-state index contributed by atoms with van der Waals surface area (Å²) in [5.74, 6) is 0.320. The van der Waals surface area contributed by atoms with Gasteiger partial charge in [-0.3, -0.25) is 4.79 Å². The van der Waals surface area contributed by atoms with Gasteiger partial charge in [-0.15, -0.1) is 0 Å². The summed E-state index contributed by atoms with van der Waals surface area (Å²) in [6, 6.07) is -0.124. The van der Waals surface area contributed by atoms with Crippen LogP contribution in [0.3, 0.4) is 0 Å². The molecule has 0 aliphatic carbocycles. The number of likely N-dealkylation sites (tertiary alicyclic amines) is 1. The average Bonchev–Trinajstić information content (AvgIpc) is 2.36. The van der Waals surface area contributed by atoms with Gasteiger partial charge in [-0.1, -0.05) is 6.92 Å². The third-order valence-electron chi connectivity index (χ3n) is 3.61. The number of hydrogen-bond donors (Lipinski definition) is 2. The molecule has 0 radical (unpaired) electrons. The van der Waals surface area contributed by atoms with Crippen LogP contribution < -0.4 is 5.32 Å². The second-order valence-corrected chi connectivity index (χ2v) is 7.01. The first-order valence-electron chi connectivity index (χ1n) is 8.13. The lowest BCUT2D eigenvalue weighted by molar-refractivity contribution is -0.133. The van der Waals surface area contributed by atoms with Gasteiger partial charge in [0.25, 0.3) is 0 Å². The predicted octanol–water partition coefficient (Wildman–Crippen LogP) is 1.91. The van der Waals surface area contributed by atoms with Gasteiger partial charge in [0.2, 0.25) is 5.91 Å². The summed E-state index contributed by atoms with van der Waals surface area (Å²) in [6.07, 6.45) is 2.28. The molecular weight excluding hydrogens is 284 g/mol. The second kappa shape index (κ2) is 8.36. The Hall–Kier alpha value is -1.30. The Morgan fingerprint density at radius 2 is 2.00 bits per heavy atom. The molecule has 0 saturated carbocycles. The van der Waals surface area contributed by atoms with E-state index in [1.165, 1.54) is 0 Å². The molecule has 0 aromatic heterocycles. The van der Waals surface area contributed by atoms with Crippen molar-refractivity contribution in [3.05, 3.63) is 0 Å². The first-order chi connectivity index (χ1) is 10.2. The highest BCUT2D eigenvalue weighted by molar-refractivity contribution is 5.76. The molecular formula is C16H30N2O4. The Morgan fingerprint density at radius 1 is 1.32 bits per heavy atom. The molecule has 0 aromatic carbocycles. The number of ether oxygens (including phenoxy) is 1. The maximum Gasteiger partial charge on any atom is 0.407 e. The van der Waals surface area contributed by atoms with Gasteiger partial charge in [0.15, 0.2) is 0 Å². The zero-order valence-corrected chi connectivity index (χ0v) is 14.2. The summed E-state index contributed by atoms with van der Waals surface area (Å²) in [6.45, 7) is 8.70. The van der Waals surface area contributed by atoms with Crippen LogP contribution in [0.4, 0.5) is 4.79 Å². The zero-order valence-electron chi connectivity index (χ0n) is 14.2. The second-order valence-electron chi connectivity index (χ2n) is 7.01. The van der Waals surface area contributed by atoms with Crippen molar-refractivity contribution in [2.24, 2.45) is 5.92 Å². The van der Waals surface area contributed by atoms with Gasteiger partial charge in [-0.2, -0.15) is 0 Å². The van der Waals surface area contributed by atoms with Crippen molar-refractivity contribution in [1.29, 1.82) is 0 Å². The van der Waals surface area contributed by atoms with Crippen molar-refractivity contribution < 1.29 is 19.4 Å². The molecule has 22 heavy (non-hydrogen) atoms. The van der Waals surface area contributed by atoms with E-state index in [0.717, 1.165) is 12.8 Å². The van der Waals surface area contributed by atoms with E-state index in [2.05, 4.69) is 5.32 Å². The highest BCUT2D eigenvalue weighted by atomic mass is 16.6. The first kappa shape index (κ1) is 18.7. The van der Waals surface area contributed by atoms with E-state index in [0.29, 0.717) is 25.9 Å². The highest BCUT2D eigenvalue weighted by Crippen LogP contribution is 2.21. The van der Waals surface area contributed by atoms with Crippen LogP contribution in [0.5, 0.6) is 0 Å². The summed E-state index contributed by atoms with van der Waals surface area (Å²) in [7, 11) is 0. The summed E-state index contributed by atoms with van der Waals surface area (Å²) >= 11 is 0. The van der Waals surface area contributed by atoms with E-state index >= 15 is 0 Å². The molecule has 6 nitrogen and oxygen atoms in total. The first-order valence-corrected chi connectivity index (χ1v) is 8.13. The number of aliphatic hydroxyl groups is 1. The number of alkyl carbamates (subject to hydrolysis) is 1. The zero-order chi connectivity index (χ0) is 16.8. The van der Waals surface area contributed by atoms with Crippen LogP contribution in [0.1, 0.15) is 53.4 Å². The van der Waals surface area contributed by atoms with Crippen LogP contribution in [0.2, 0.25) is 0 Å². The van der Waals surface area contributed by atoms with E-state index in [1.54, 1.807) is 4.90 Å². The Bertz CT molecular complexity index is 379. The minimum Gasteiger partial charge on any atom is -0.444 e. The van der Waals surface area contributed by atoms with Crippen molar-refractivity contribution in [3.63, 3.8) is 0 Å². The molecule has 0 bridgehead atoms. The van der Waals surface area contributed by atoms with Crippen molar-refractivity contribution in [1.82, 2.24) is 10.2 Å². The minimum atomic E-state index is -0.541. The number of rotatable bonds is 5. The largest absolute Gasteiger partial charge is 0.444 e. The standard InChI is InChI=1S/C16H30N2O4/c1-5-6-14(20)18-10-12(7-8-19)9-13(11-18)17-15(21)22-16(2,3)4/h12-13,19H,5-11H2,1-4H3,(H,17,21). The number of nitrogens with one attached hydrogen (secondary N) is 1. The van der Waals surface area contributed by atoms with Crippen LogP contribution in [-0.4, -0.2) is 53.3 Å². The number of hydrogen-bond acceptors (Lipinski definition) is 4. The molecule has 1 aliphatic heterocycles. The van der Waals surface area contributed by atoms with Crippen molar-refractivity contribution in [2.75, 3.05) is 19.7 Å². The average molecular weight is 314 g/mol. The SMILES string of the molecule is CCCC(=O)N1CC(CCO)CC(NC(=O)OC(C)(C)C)C1. The minimum absolute atomic E-state index is 0.0969. The molecule has 1 fully saturated rings. The predicted molar refractivity (Wildman–Crippen MR) is 84.5 cm³/mol. The van der Waals surface area contributed by atoms with Crippen LogP contribution >= 0.6 is 0 Å². The van der Waals surface area contributed by atoms with Crippen LogP contribution in [0.15, 0.2) is 0 Å². The maximum absolute atomic E-state index is 12.1. The Balaban J connectivity index is 2.64. The molecule has 1 saturated heterocycles. The highest BCUT2D eigenvalue weighted by Gasteiger charge is 2.31. The Morgan fingerprint density at radius 3 is 2.55 bits per heavy atom. The van der Waals surface area contributed by atoms with E-state index in [4.69, 9.17) is 9.84 Å². The molecule has 2 amide bonds. The molecule has 1 heterocycles. The number of piperidine rings is 1. The van der Waals surface area contributed by atoms with Crippen LogP contribution in [0.25, 0.3) is 0 Å². The fraction of sp³-hybridized carbons (Fsp3) is 0.875. The number of carbonyl (C=O) groups is 2. The lowest BCUT2D eigenvalue weighted by Crippen LogP contribution is -2.53. The maximum atomic E-state index is 12.1. The number of carbonyl (C=O) groups excluding carboxylic acids is 2. The summed E-state index contributed by atoms with van der Waals surface area (Å²) in [4.78, 5) is 25.8. The monoisotopic (exact) mass is 314 g/mol. The van der Waals surface area contributed by atoms with E-state index in [-0.39, 0.29) is 24.5 Å². The molecule has 2 N–H and O–H groups in total. The van der Waals surface area contributed by atoms with Gasteiger partial charge in [0.1, 0.15) is 5.60 Å². The van der Waals surface area contributed by atoms with E-state index in [1.807, 2.05) is 27.7 Å². The quantitative estimate of drug-likeness (QED) is 0.812. The van der Waals surface area contributed by atoms with Crippen LogP contribution in [0, 0.1) is 5.92 Å². The molecule has 0 spiro atoms. The molecule has 2 atom stereocenters. The van der Waals surface area contributed by atoms with Gasteiger partial charge in [-0.25, -0.2) is 4.79 Å². The van der Waals surface area contributed by atoms with Crippen molar-refractivity contribution in [3.8, 4) is 0 Å². The van der Waals surface area contributed by atoms with Gasteiger partial charge in [0.05, 0.1) is 6.04 Å². The van der Waals surface area contributed by atoms with Crippen LogP contribution in [-0.2, 0) is 9.53 Å². The topological polar surface area (TPSA) is 78.9 Å². The lowest BCUT2D eigenvalue weighted by Gasteiger charge is -2.38. The lowest BCUT2D eigenvalue weighted by atomic mass is 9.91. The summed E-state index contributed by atoms with van der Waals surface area (Å²) < 4.78 is 5.28. The van der Waals surface area contributed by atoms with E-state index in [9.17, 15) is 9.59 Å². The molecule has 6 heteroatoms. The van der Waals surface area contributed by atoms with Crippen molar-refractivity contribution in [2.45, 2.75) is 65.0 Å². The van der Waals surface area contributed by atoms with E-state index < -0.39 is 11.7 Å². The molecule has 128 valence electrons. The van der Waals surface area contributed by atoms with Gasteiger partial charge < -0.3 is 20.1 Å². The smallest absolute Gasteiger partial charge is 0.407 e. The third-order valence-corrected chi connectivity index (χ3v) is 3.61. The summed E-state index contributed by atoms with van der Waals surface area (Å²) in [5, 5.41) is 12.0. The van der Waals surface area contributed by atoms with Gasteiger partial charge >= 0.3 is 6.09 Å². The molecule has 0 aromatic rings. The Kier molecular flexibility index (Phi) is 7.13. The fourth-order valence-electron chi connectivity index (χ4n) is 2.75. The van der Waals surface area contributed by atoms with Gasteiger partial charge in [0, 0.05) is 26.1 Å². The fourth-order valence-corrected chi connectivity index (χ4v) is 2.75. The molecule has 2 unspecified atom stereocenters. The number of aliphatic hydroxyl groups excluding tert-OH is 1. The Labute approximate surface area is 133 Å². The number of amides is 2. The van der Waals surface area contributed by atoms with Gasteiger partial charge in [-0.05, 0) is 46.0 Å². The normalized spacial score (nSPS) is 22.3. The van der Waals surface area contributed by atoms with Crippen molar-refractivity contribution >= 4 is 12.0 Å².